The largest absolute Gasteiger partial charge is 0.494 e. The molecule has 0 aliphatic heterocycles. The Hall–Kier alpha value is -1.95. The average molecular weight is 248 g/mol. The summed E-state index contributed by atoms with van der Waals surface area (Å²) in [5.74, 6) is 1.70. The topological polar surface area (TPSA) is 73.1 Å². The van der Waals surface area contributed by atoms with Crippen molar-refractivity contribution in [2.75, 3.05) is 20.2 Å². The molecule has 0 amide bonds. The zero-order valence-electron chi connectivity index (χ0n) is 10.5. The standard InChI is InChI=1S/C12H16N4O2/c1-3-13-7-5-11-15-16-12(18-11)9-4-6-14-8-10(9)17-2/h4,6,8,13H,3,5,7H2,1-2H3. The molecule has 0 unspecified atom stereocenters. The average Bonchev–Trinajstić information content (AvgIpc) is 2.88. The van der Waals surface area contributed by atoms with Crippen molar-refractivity contribution in [3.8, 4) is 17.2 Å². The van der Waals surface area contributed by atoms with Crippen molar-refractivity contribution in [2.45, 2.75) is 13.3 Å². The first-order chi connectivity index (χ1) is 8.85. The second kappa shape index (κ2) is 6.11. The van der Waals surface area contributed by atoms with Gasteiger partial charge in [0.05, 0.1) is 18.9 Å². The molecule has 1 N–H and O–H groups in total. The molecule has 0 saturated carbocycles. The maximum absolute atomic E-state index is 5.59. The third-order valence-electron chi connectivity index (χ3n) is 2.47. The Kier molecular flexibility index (Phi) is 4.25. The molecule has 0 fully saturated rings. The normalized spacial score (nSPS) is 10.6. The molecule has 2 heterocycles. The highest BCUT2D eigenvalue weighted by Gasteiger charge is 2.12. The van der Waals surface area contributed by atoms with Crippen LogP contribution in [0.15, 0.2) is 22.9 Å². The van der Waals surface area contributed by atoms with Gasteiger partial charge in [-0.15, -0.1) is 10.2 Å². The van der Waals surface area contributed by atoms with Crippen molar-refractivity contribution >= 4 is 0 Å². The molecule has 2 aromatic rings. The van der Waals surface area contributed by atoms with E-state index in [2.05, 4.69) is 27.4 Å². The number of nitrogens with one attached hydrogen (secondary N) is 1. The number of hydrogen-bond donors (Lipinski definition) is 1. The van der Waals surface area contributed by atoms with Gasteiger partial charge < -0.3 is 14.5 Å². The number of hydrogen-bond acceptors (Lipinski definition) is 6. The smallest absolute Gasteiger partial charge is 0.251 e. The second-order valence-corrected chi connectivity index (χ2v) is 3.68. The molecule has 96 valence electrons. The van der Waals surface area contributed by atoms with Crippen LogP contribution in [0.4, 0.5) is 0 Å². The lowest BCUT2D eigenvalue weighted by molar-refractivity contribution is 0.411. The number of ether oxygens (including phenoxy) is 1. The molecule has 0 aliphatic rings. The van der Waals surface area contributed by atoms with Gasteiger partial charge in [0.25, 0.3) is 5.89 Å². The number of pyridine rings is 1. The molecule has 0 radical (unpaired) electrons. The first-order valence-electron chi connectivity index (χ1n) is 5.86. The summed E-state index contributed by atoms with van der Waals surface area (Å²) in [4.78, 5) is 3.98. The molecule has 2 rings (SSSR count). The predicted octanol–water partition coefficient (Wildman–Crippen LogP) is 1.29. The zero-order chi connectivity index (χ0) is 12.8. The molecule has 0 aromatic carbocycles. The first kappa shape index (κ1) is 12.5. The van der Waals surface area contributed by atoms with Crippen molar-refractivity contribution in [3.05, 3.63) is 24.4 Å². The molecule has 0 atom stereocenters. The quantitative estimate of drug-likeness (QED) is 0.777. The van der Waals surface area contributed by atoms with E-state index in [0.29, 0.717) is 24.0 Å². The summed E-state index contributed by atoms with van der Waals surface area (Å²) in [5.41, 5.74) is 0.759. The molecule has 2 aromatic heterocycles. The van der Waals surface area contributed by atoms with E-state index in [1.54, 1.807) is 25.6 Å². The summed E-state index contributed by atoms with van der Waals surface area (Å²) in [6.45, 7) is 3.81. The molecule has 6 nitrogen and oxygen atoms in total. The van der Waals surface area contributed by atoms with Gasteiger partial charge in [0, 0.05) is 19.2 Å². The third-order valence-corrected chi connectivity index (χ3v) is 2.47. The van der Waals surface area contributed by atoms with Crippen LogP contribution < -0.4 is 10.1 Å². The fraction of sp³-hybridized carbons (Fsp3) is 0.417. The minimum atomic E-state index is 0.459. The van der Waals surface area contributed by atoms with Crippen molar-refractivity contribution in [3.63, 3.8) is 0 Å². The van der Waals surface area contributed by atoms with Crippen LogP contribution in [0.5, 0.6) is 5.75 Å². The fourth-order valence-electron chi connectivity index (χ4n) is 1.55. The number of aromatic nitrogens is 3. The van der Waals surface area contributed by atoms with Gasteiger partial charge in [0.2, 0.25) is 5.89 Å². The summed E-state index contributed by atoms with van der Waals surface area (Å²) in [7, 11) is 1.59. The highest BCUT2D eigenvalue weighted by Crippen LogP contribution is 2.27. The minimum Gasteiger partial charge on any atom is -0.494 e. The molecule has 18 heavy (non-hydrogen) atoms. The molecule has 0 spiro atoms. The Morgan fingerprint density at radius 3 is 3.06 bits per heavy atom. The maximum Gasteiger partial charge on any atom is 0.251 e. The predicted molar refractivity (Wildman–Crippen MR) is 66.3 cm³/mol. The highest BCUT2D eigenvalue weighted by molar-refractivity contribution is 5.60. The first-order valence-corrected chi connectivity index (χ1v) is 5.86. The molecule has 0 aliphatic carbocycles. The lowest BCUT2D eigenvalue weighted by Crippen LogP contribution is -2.16. The number of nitrogens with zero attached hydrogens (tertiary/aromatic N) is 3. The maximum atomic E-state index is 5.59. The van der Waals surface area contributed by atoms with Gasteiger partial charge in [0.15, 0.2) is 0 Å². The van der Waals surface area contributed by atoms with E-state index in [4.69, 9.17) is 9.15 Å². The zero-order valence-corrected chi connectivity index (χ0v) is 10.5. The van der Waals surface area contributed by atoms with Crippen LogP contribution in [0.2, 0.25) is 0 Å². The number of likely N-dealkylation sites (N-methyl/N-ethyl adjacent to an activating group) is 1. The summed E-state index contributed by atoms with van der Waals surface area (Å²) in [6.07, 6.45) is 4.01. The van der Waals surface area contributed by atoms with Gasteiger partial charge in [-0.2, -0.15) is 0 Å². The van der Waals surface area contributed by atoms with Crippen LogP contribution in [0.25, 0.3) is 11.5 Å². The summed E-state index contributed by atoms with van der Waals surface area (Å²) >= 11 is 0. The summed E-state index contributed by atoms with van der Waals surface area (Å²) < 4.78 is 10.8. The van der Waals surface area contributed by atoms with E-state index in [1.165, 1.54) is 0 Å². The molecular weight excluding hydrogens is 232 g/mol. The van der Waals surface area contributed by atoms with E-state index in [1.807, 2.05) is 0 Å². The van der Waals surface area contributed by atoms with Gasteiger partial charge in [-0.25, -0.2) is 0 Å². The van der Waals surface area contributed by atoms with Crippen LogP contribution in [0.1, 0.15) is 12.8 Å². The molecular formula is C12H16N4O2. The van der Waals surface area contributed by atoms with Gasteiger partial charge in [-0.3, -0.25) is 4.98 Å². The monoisotopic (exact) mass is 248 g/mol. The van der Waals surface area contributed by atoms with Crippen molar-refractivity contribution in [2.24, 2.45) is 0 Å². The fourth-order valence-corrected chi connectivity index (χ4v) is 1.55. The van der Waals surface area contributed by atoms with Crippen molar-refractivity contribution < 1.29 is 9.15 Å². The third kappa shape index (κ3) is 2.84. The molecule has 6 heteroatoms. The Labute approximate surface area is 105 Å². The number of rotatable bonds is 6. The van der Waals surface area contributed by atoms with Crippen LogP contribution in [0.3, 0.4) is 0 Å². The van der Waals surface area contributed by atoms with Crippen molar-refractivity contribution in [1.29, 1.82) is 0 Å². The van der Waals surface area contributed by atoms with E-state index < -0.39 is 0 Å². The lowest BCUT2D eigenvalue weighted by atomic mass is 10.2. The Balaban J connectivity index is 2.13. The SMILES string of the molecule is CCNCCc1nnc(-c2ccncc2OC)o1. The van der Waals surface area contributed by atoms with Gasteiger partial charge in [0.1, 0.15) is 5.75 Å². The summed E-state index contributed by atoms with van der Waals surface area (Å²) in [6, 6.07) is 1.79. The Morgan fingerprint density at radius 1 is 1.39 bits per heavy atom. The minimum absolute atomic E-state index is 0.459. The summed E-state index contributed by atoms with van der Waals surface area (Å²) in [5, 5.41) is 11.2. The van der Waals surface area contributed by atoms with E-state index in [9.17, 15) is 0 Å². The highest BCUT2D eigenvalue weighted by atomic mass is 16.5. The van der Waals surface area contributed by atoms with Gasteiger partial charge in [-0.05, 0) is 12.6 Å². The van der Waals surface area contributed by atoms with Crippen molar-refractivity contribution in [1.82, 2.24) is 20.5 Å². The Bertz CT molecular complexity index is 498. The second-order valence-electron chi connectivity index (χ2n) is 3.68. The van der Waals surface area contributed by atoms with Crippen LogP contribution in [-0.2, 0) is 6.42 Å². The Morgan fingerprint density at radius 2 is 2.28 bits per heavy atom. The van der Waals surface area contributed by atoms with E-state index in [0.717, 1.165) is 18.7 Å². The lowest BCUT2D eigenvalue weighted by Gasteiger charge is -2.02. The van der Waals surface area contributed by atoms with E-state index >= 15 is 0 Å². The van der Waals surface area contributed by atoms with Gasteiger partial charge >= 0.3 is 0 Å². The van der Waals surface area contributed by atoms with Gasteiger partial charge in [-0.1, -0.05) is 6.92 Å². The molecule has 0 bridgehead atoms. The van der Waals surface area contributed by atoms with Crippen LogP contribution >= 0.6 is 0 Å². The number of methoxy groups -OCH3 is 1. The van der Waals surface area contributed by atoms with Crippen LogP contribution in [0, 0.1) is 0 Å². The van der Waals surface area contributed by atoms with E-state index in [-0.39, 0.29) is 0 Å². The van der Waals surface area contributed by atoms with Crippen LogP contribution in [-0.4, -0.2) is 35.4 Å². The molecule has 0 saturated heterocycles.